The maximum atomic E-state index is 11.9. The molecule has 1 aliphatic heterocycles. The second-order valence-electron chi connectivity index (χ2n) is 4.67. The van der Waals surface area contributed by atoms with Gasteiger partial charge in [0, 0.05) is 19.5 Å². The van der Waals surface area contributed by atoms with Crippen molar-refractivity contribution in [3.63, 3.8) is 0 Å². The molecule has 0 aromatic carbocycles. The summed E-state index contributed by atoms with van der Waals surface area (Å²) in [5.74, 6) is -1.99. The average molecular weight is 285 g/mol. The van der Waals surface area contributed by atoms with Crippen molar-refractivity contribution in [1.82, 2.24) is 15.5 Å². The number of aliphatic carboxylic acids is 1. The summed E-state index contributed by atoms with van der Waals surface area (Å²) in [6.07, 6.45) is 1.29. The Morgan fingerprint density at radius 2 is 1.75 bits per heavy atom. The van der Waals surface area contributed by atoms with Gasteiger partial charge < -0.3 is 15.3 Å². The fraction of sp³-hybridized carbons (Fsp3) is 0.667. The first-order valence-electron chi connectivity index (χ1n) is 6.51. The lowest BCUT2D eigenvalue weighted by Gasteiger charge is -2.21. The molecule has 0 saturated carbocycles. The van der Waals surface area contributed by atoms with Crippen LogP contribution < -0.4 is 10.6 Å². The van der Waals surface area contributed by atoms with Crippen molar-refractivity contribution in [1.29, 1.82) is 0 Å². The zero-order chi connectivity index (χ0) is 15.1. The quantitative estimate of drug-likeness (QED) is 0.640. The van der Waals surface area contributed by atoms with Crippen LogP contribution in [-0.2, 0) is 14.4 Å². The molecule has 0 radical (unpaired) electrons. The lowest BCUT2D eigenvalue weighted by molar-refractivity contribution is -0.138. The molecule has 0 aliphatic carbocycles. The number of carboxylic acid groups (broad SMARTS) is 1. The Labute approximate surface area is 116 Å². The van der Waals surface area contributed by atoms with Crippen molar-refractivity contribution in [3.05, 3.63) is 0 Å². The normalized spacial score (nSPS) is 15.6. The summed E-state index contributed by atoms with van der Waals surface area (Å²) in [5, 5.41) is 12.8. The highest BCUT2D eigenvalue weighted by Crippen LogP contribution is 2.08. The van der Waals surface area contributed by atoms with E-state index in [1.54, 1.807) is 11.8 Å². The van der Waals surface area contributed by atoms with Crippen LogP contribution in [0.4, 0.5) is 4.79 Å². The number of carbonyl (C=O) groups is 4. The van der Waals surface area contributed by atoms with Crippen LogP contribution in [0, 0.1) is 0 Å². The van der Waals surface area contributed by atoms with Gasteiger partial charge in [0.1, 0.15) is 6.04 Å². The van der Waals surface area contributed by atoms with Crippen molar-refractivity contribution in [2.45, 2.75) is 38.6 Å². The highest BCUT2D eigenvalue weighted by atomic mass is 16.4. The Morgan fingerprint density at radius 3 is 2.30 bits per heavy atom. The first-order valence-corrected chi connectivity index (χ1v) is 6.51. The molecule has 8 heteroatoms. The molecular formula is C12H19N3O5. The van der Waals surface area contributed by atoms with Crippen LogP contribution in [0.25, 0.3) is 0 Å². The second-order valence-corrected chi connectivity index (χ2v) is 4.67. The number of hydrogen-bond donors (Lipinski definition) is 3. The number of nitrogens with one attached hydrogen (secondary N) is 2. The molecule has 0 aromatic heterocycles. The standard InChI is InChI=1S/C12H19N3O5/c1-8(11(19)15-6-2-3-7-15)13-12(20)14-9(16)4-5-10(17)18/h8H,2-7H2,1H3,(H,17,18)(H2,13,14,16,20). The molecule has 8 nitrogen and oxygen atoms in total. The number of likely N-dealkylation sites (tertiary alicyclic amines) is 1. The summed E-state index contributed by atoms with van der Waals surface area (Å²) < 4.78 is 0. The van der Waals surface area contributed by atoms with Crippen LogP contribution in [0.1, 0.15) is 32.6 Å². The number of hydrogen-bond acceptors (Lipinski definition) is 4. The molecule has 1 heterocycles. The third-order valence-corrected chi connectivity index (χ3v) is 2.95. The van der Waals surface area contributed by atoms with Gasteiger partial charge in [-0.25, -0.2) is 4.79 Å². The number of urea groups is 1. The van der Waals surface area contributed by atoms with Crippen LogP contribution in [-0.4, -0.2) is 53.0 Å². The number of imide groups is 1. The predicted octanol–water partition coefficient (Wildman–Crippen LogP) is -0.312. The lowest BCUT2D eigenvalue weighted by Crippen LogP contribution is -2.50. The summed E-state index contributed by atoms with van der Waals surface area (Å²) in [6.45, 7) is 2.91. The van der Waals surface area contributed by atoms with Crippen LogP contribution >= 0.6 is 0 Å². The minimum atomic E-state index is -1.11. The second kappa shape index (κ2) is 7.46. The first kappa shape index (κ1) is 15.9. The molecule has 20 heavy (non-hydrogen) atoms. The van der Waals surface area contributed by atoms with Gasteiger partial charge in [-0.05, 0) is 19.8 Å². The zero-order valence-corrected chi connectivity index (χ0v) is 11.3. The Hall–Kier alpha value is -2.12. The molecule has 1 unspecified atom stereocenters. The van der Waals surface area contributed by atoms with Gasteiger partial charge in [0.25, 0.3) is 0 Å². The maximum Gasteiger partial charge on any atom is 0.322 e. The molecular weight excluding hydrogens is 266 g/mol. The summed E-state index contributed by atoms with van der Waals surface area (Å²) in [5.41, 5.74) is 0. The van der Waals surface area contributed by atoms with Gasteiger partial charge in [-0.1, -0.05) is 0 Å². The van der Waals surface area contributed by atoms with Crippen molar-refractivity contribution in [2.75, 3.05) is 13.1 Å². The van der Waals surface area contributed by atoms with Gasteiger partial charge in [-0.3, -0.25) is 19.7 Å². The Morgan fingerprint density at radius 1 is 1.15 bits per heavy atom. The third-order valence-electron chi connectivity index (χ3n) is 2.95. The Kier molecular flexibility index (Phi) is 5.95. The highest BCUT2D eigenvalue weighted by molar-refractivity contribution is 5.97. The van der Waals surface area contributed by atoms with Crippen LogP contribution in [0.2, 0.25) is 0 Å². The van der Waals surface area contributed by atoms with Crippen molar-refractivity contribution in [2.24, 2.45) is 0 Å². The molecule has 1 atom stereocenters. The van der Waals surface area contributed by atoms with E-state index in [1.165, 1.54) is 0 Å². The van der Waals surface area contributed by atoms with E-state index in [2.05, 4.69) is 5.32 Å². The van der Waals surface area contributed by atoms with Crippen LogP contribution in [0.5, 0.6) is 0 Å². The largest absolute Gasteiger partial charge is 0.481 e. The van der Waals surface area contributed by atoms with Gasteiger partial charge in [0.05, 0.1) is 6.42 Å². The molecule has 3 N–H and O–H groups in total. The van der Waals surface area contributed by atoms with Crippen LogP contribution in [0.3, 0.4) is 0 Å². The minimum absolute atomic E-state index is 0.185. The van der Waals surface area contributed by atoms with Gasteiger partial charge in [0.15, 0.2) is 0 Å². The van der Waals surface area contributed by atoms with Gasteiger partial charge >= 0.3 is 12.0 Å². The molecule has 4 amide bonds. The smallest absolute Gasteiger partial charge is 0.322 e. The monoisotopic (exact) mass is 285 g/mol. The van der Waals surface area contributed by atoms with Gasteiger partial charge in [-0.2, -0.15) is 0 Å². The zero-order valence-electron chi connectivity index (χ0n) is 11.3. The minimum Gasteiger partial charge on any atom is -0.481 e. The van der Waals surface area contributed by atoms with Gasteiger partial charge in [0.2, 0.25) is 11.8 Å². The number of nitrogens with zero attached hydrogens (tertiary/aromatic N) is 1. The highest BCUT2D eigenvalue weighted by Gasteiger charge is 2.24. The van der Waals surface area contributed by atoms with Gasteiger partial charge in [-0.15, -0.1) is 0 Å². The number of carbonyl (C=O) groups excluding carboxylic acids is 3. The van der Waals surface area contributed by atoms with E-state index in [1.807, 2.05) is 5.32 Å². The number of rotatable bonds is 5. The number of amides is 4. The van der Waals surface area contributed by atoms with Crippen molar-refractivity contribution in [3.8, 4) is 0 Å². The van der Waals surface area contributed by atoms with Crippen molar-refractivity contribution >= 4 is 23.8 Å². The summed E-state index contributed by atoms with van der Waals surface area (Å²) in [6, 6.07) is -1.51. The molecule has 0 spiro atoms. The molecule has 1 aliphatic rings. The lowest BCUT2D eigenvalue weighted by atomic mass is 10.3. The summed E-state index contributed by atoms with van der Waals surface area (Å²) in [7, 11) is 0. The Bertz CT molecular complexity index is 404. The number of carboxylic acids is 1. The molecule has 1 rings (SSSR count). The summed E-state index contributed by atoms with van der Waals surface area (Å²) >= 11 is 0. The maximum absolute atomic E-state index is 11.9. The molecule has 1 saturated heterocycles. The third kappa shape index (κ3) is 5.25. The van der Waals surface area contributed by atoms with E-state index in [0.717, 1.165) is 12.8 Å². The molecule has 0 aromatic rings. The fourth-order valence-electron chi connectivity index (χ4n) is 1.92. The van der Waals surface area contributed by atoms with Crippen molar-refractivity contribution < 1.29 is 24.3 Å². The van der Waals surface area contributed by atoms with E-state index in [-0.39, 0.29) is 18.7 Å². The van der Waals surface area contributed by atoms with E-state index in [4.69, 9.17) is 5.11 Å². The average Bonchev–Trinajstić information content (AvgIpc) is 2.88. The van der Waals surface area contributed by atoms with E-state index >= 15 is 0 Å². The van der Waals surface area contributed by atoms with Crippen LogP contribution in [0.15, 0.2) is 0 Å². The fourth-order valence-corrected chi connectivity index (χ4v) is 1.92. The van der Waals surface area contributed by atoms with E-state index in [0.29, 0.717) is 13.1 Å². The molecule has 1 fully saturated rings. The first-order chi connectivity index (χ1) is 9.40. The molecule has 0 bridgehead atoms. The Balaban J connectivity index is 2.31. The topological polar surface area (TPSA) is 116 Å². The molecule has 112 valence electrons. The van der Waals surface area contributed by atoms with E-state index < -0.39 is 23.9 Å². The SMILES string of the molecule is CC(NC(=O)NC(=O)CCC(=O)O)C(=O)N1CCCC1. The summed E-state index contributed by atoms with van der Waals surface area (Å²) in [4.78, 5) is 46.5. The van der Waals surface area contributed by atoms with E-state index in [9.17, 15) is 19.2 Å². The predicted molar refractivity (Wildman–Crippen MR) is 68.8 cm³/mol.